The van der Waals surface area contributed by atoms with E-state index in [2.05, 4.69) is 12.2 Å². The Morgan fingerprint density at radius 1 is 1.33 bits per heavy atom. The van der Waals surface area contributed by atoms with E-state index in [1.54, 1.807) is 12.1 Å². The Labute approximate surface area is 108 Å². The fraction of sp³-hybridized carbons (Fsp3) is 0.571. The molecular weight excluding hydrogens is 228 g/mol. The molecule has 0 radical (unpaired) electrons. The zero-order chi connectivity index (χ0) is 13.0. The molecule has 1 aliphatic carbocycles. The maximum Gasteiger partial charge on any atom is 0.269 e. The van der Waals surface area contributed by atoms with Gasteiger partial charge in [-0.2, -0.15) is 0 Å². The van der Waals surface area contributed by atoms with Gasteiger partial charge in [0.25, 0.3) is 5.69 Å². The van der Waals surface area contributed by atoms with Crippen molar-refractivity contribution in [3.05, 3.63) is 39.9 Å². The summed E-state index contributed by atoms with van der Waals surface area (Å²) in [5.41, 5.74) is 1.17. The van der Waals surface area contributed by atoms with E-state index in [1.807, 2.05) is 6.07 Å². The second kappa shape index (κ2) is 5.96. The van der Waals surface area contributed by atoms with Crippen LogP contribution in [0.5, 0.6) is 0 Å². The van der Waals surface area contributed by atoms with Crippen molar-refractivity contribution in [2.45, 2.75) is 51.1 Å². The molecular formula is C14H20N2O2. The van der Waals surface area contributed by atoms with Crippen molar-refractivity contribution in [3.8, 4) is 0 Å². The van der Waals surface area contributed by atoms with Crippen LogP contribution >= 0.6 is 0 Å². The van der Waals surface area contributed by atoms with E-state index in [0.717, 1.165) is 5.56 Å². The van der Waals surface area contributed by atoms with Crippen molar-refractivity contribution in [1.29, 1.82) is 0 Å². The molecule has 2 rings (SSSR count). The quantitative estimate of drug-likeness (QED) is 0.654. The largest absolute Gasteiger partial charge is 0.307 e. The predicted molar refractivity (Wildman–Crippen MR) is 71.5 cm³/mol. The summed E-state index contributed by atoms with van der Waals surface area (Å²) in [6.07, 6.45) is 6.36. The van der Waals surface area contributed by atoms with Gasteiger partial charge in [-0.1, -0.05) is 31.4 Å². The third-order valence-electron chi connectivity index (χ3n) is 3.67. The highest BCUT2D eigenvalue weighted by molar-refractivity contribution is 5.35. The first kappa shape index (κ1) is 13.0. The van der Waals surface area contributed by atoms with Crippen LogP contribution < -0.4 is 5.32 Å². The van der Waals surface area contributed by atoms with Crippen molar-refractivity contribution >= 4 is 5.69 Å². The highest BCUT2D eigenvalue weighted by Gasteiger charge is 2.17. The molecule has 1 N–H and O–H groups in total. The lowest BCUT2D eigenvalue weighted by atomic mass is 9.94. The maximum atomic E-state index is 10.8. The third-order valence-corrected chi connectivity index (χ3v) is 3.67. The van der Waals surface area contributed by atoms with Crippen LogP contribution in [0.25, 0.3) is 0 Å². The van der Waals surface area contributed by atoms with Gasteiger partial charge in [0.1, 0.15) is 0 Å². The molecule has 0 aliphatic heterocycles. The van der Waals surface area contributed by atoms with Crippen LogP contribution in [0.1, 0.15) is 50.6 Å². The van der Waals surface area contributed by atoms with Crippen LogP contribution in [0.15, 0.2) is 24.3 Å². The Hall–Kier alpha value is -1.42. The van der Waals surface area contributed by atoms with Gasteiger partial charge in [-0.25, -0.2) is 0 Å². The molecule has 98 valence electrons. The molecule has 1 unspecified atom stereocenters. The smallest absolute Gasteiger partial charge is 0.269 e. The van der Waals surface area contributed by atoms with Gasteiger partial charge >= 0.3 is 0 Å². The van der Waals surface area contributed by atoms with Gasteiger partial charge in [0.05, 0.1) is 4.92 Å². The number of nitro benzene ring substituents is 1. The first-order valence-electron chi connectivity index (χ1n) is 6.67. The number of non-ortho nitro benzene ring substituents is 1. The lowest BCUT2D eigenvalue weighted by molar-refractivity contribution is -0.384. The van der Waals surface area contributed by atoms with Gasteiger partial charge < -0.3 is 5.32 Å². The van der Waals surface area contributed by atoms with Crippen LogP contribution in [0.2, 0.25) is 0 Å². The van der Waals surface area contributed by atoms with Gasteiger partial charge in [0.2, 0.25) is 0 Å². The first-order chi connectivity index (χ1) is 8.66. The molecule has 1 aromatic rings. The Balaban J connectivity index is 2.01. The van der Waals surface area contributed by atoms with Gasteiger partial charge in [-0.05, 0) is 25.3 Å². The van der Waals surface area contributed by atoms with Crippen LogP contribution in [0.4, 0.5) is 5.69 Å². The fourth-order valence-corrected chi connectivity index (χ4v) is 2.63. The second-order valence-corrected chi connectivity index (χ2v) is 5.08. The number of hydrogen-bond acceptors (Lipinski definition) is 3. The lowest BCUT2D eigenvalue weighted by Crippen LogP contribution is -2.33. The van der Waals surface area contributed by atoms with Crippen LogP contribution in [-0.4, -0.2) is 11.0 Å². The van der Waals surface area contributed by atoms with E-state index in [0.29, 0.717) is 6.04 Å². The molecule has 0 aromatic heterocycles. The lowest BCUT2D eigenvalue weighted by Gasteiger charge is -2.26. The zero-order valence-corrected chi connectivity index (χ0v) is 10.8. The number of nitrogens with zero attached hydrogens (tertiary/aromatic N) is 1. The Morgan fingerprint density at radius 2 is 2.06 bits per heavy atom. The standard InChI is InChI=1S/C14H20N2O2/c1-11(15-13-7-3-2-4-8-13)12-6-5-9-14(10-12)16(17)18/h5-6,9-11,13,15H,2-4,7-8H2,1H3. The molecule has 0 bridgehead atoms. The Bertz CT molecular complexity index is 414. The normalized spacial score (nSPS) is 18.5. The van der Waals surface area contributed by atoms with Crippen molar-refractivity contribution in [3.63, 3.8) is 0 Å². The fourth-order valence-electron chi connectivity index (χ4n) is 2.63. The summed E-state index contributed by atoms with van der Waals surface area (Å²) < 4.78 is 0. The van der Waals surface area contributed by atoms with Crippen molar-refractivity contribution in [2.75, 3.05) is 0 Å². The van der Waals surface area contributed by atoms with Crippen LogP contribution in [-0.2, 0) is 0 Å². The molecule has 1 atom stereocenters. The molecule has 0 saturated heterocycles. The summed E-state index contributed by atoms with van der Waals surface area (Å²) in [7, 11) is 0. The molecule has 1 aromatic carbocycles. The van der Waals surface area contributed by atoms with Crippen molar-refractivity contribution < 1.29 is 4.92 Å². The number of hydrogen-bond donors (Lipinski definition) is 1. The number of nitrogens with one attached hydrogen (secondary N) is 1. The van der Waals surface area contributed by atoms with Gasteiger partial charge in [-0.3, -0.25) is 10.1 Å². The van der Waals surface area contributed by atoms with E-state index in [1.165, 1.54) is 38.2 Å². The first-order valence-corrected chi connectivity index (χ1v) is 6.67. The minimum Gasteiger partial charge on any atom is -0.307 e. The van der Waals surface area contributed by atoms with Gasteiger partial charge in [-0.15, -0.1) is 0 Å². The molecule has 0 heterocycles. The monoisotopic (exact) mass is 248 g/mol. The molecule has 1 saturated carbocycles. The maximum absolute atomic E-state index is 10.8. The minimum atomic E-state index is -0.336. The predicted octanol–water partition coefficient (Wildman–Crippen LogP) is 3.58. The van der Waals surface area contributed by atoms with Crippen molar-refractivity contribution in [1.82, 2.24) is 5.32 Å². The Morgan fingerprint density at radius 3 is 2.72 bits per heavy atom. The van der Waals surface area contributed by atoms with Crippen LogP contribution in [0, 0.1) is 10.1 Å². The van der Waals surface area contributed by atoms with E-state index < -0.39 is 0 Å². The molecule has 1 aliphatic rings. The van der Waals surface area contributed by atoms with Gasteiger partial charge in [0, 0.05) is 24.2 Å². The molecule has 4 heteroatoms. The highest BCUT2D eigenvalue weighted by atomic mass is 16.6. The number of nitro groups is 1. The van der Waals surface area contributed by atoms with Crippen LogP contribution in [0.3, 0.4) is 0 Å². The van der Waals surface area contributed by atoms with E-state index in [-0.39, 0.29) is 16.7 Å². The molecule has 1 fully saturated rings. The average molecular weight is 248 g/mol. The molecule has 18 heavy (non-hydrogen) atoms. The van der Waals surface area contributed by atoms with Gasteiger partial charge in [0.15, 0.2) is 0 Å². The Kier molecular flexibility index (Phi) is 4.31. The van der Waals surface area contributed by atoms with Crippen molar-refractivity contribution in [2.24, 2.45) is 0 Å². The minimum absolute atomic E-state index is 0.171. The van der Waals surface area contributed by atoms with E-state index >= 15 is 0 Å². The number of benzene rings is 1. The summed E-state index contributed by atoms with van der Waals surface area (Å²) in [6.45, 7) is 2.08. The summed E-state index contributed by atoms with van der Waals surface area (Å²) in [5.74, 6) is 0. The zero-order valence-electron chi connectivity index (χ0n) is 10.8. The summed E-state index contributed by atoms with van der Waals surface area (Å²) >= 11 is 0. The topological polar surface area (TPSA) is 55.2 Å². The molecule has 0 spiro atoms. The SMILES string of the molecule is CC(NC1CCCCC1)c1cccc([N+](=O)[O-])c1. The third kappa shape index (κ3) is 3.29. The number of rotatable bonds is 4. The molecule has 0 amide bonds. The van der Waals surface area contributed by atoms with E-state index in [9.17, 15) is 10.1 Å². The highest BCUT2D eigenvalue weighted by Crippen LogP contribution is 2.23. The summed E-state index contributed by atoms with van der Waals surface area (Å²) in [6, 6.07) is 7.65. The average Bonchev–Trinajstić information content (AvgIpc) is 2.40. The second-order valence-electron chi connectivity index (χ2n) is 5.08. The summed E-state index contributed by atoms with van der Waals surface area (Å²) in [4.78, 5) is 10.4. The summed E-state index contributed by atoms with van der Waals surface area (Å²) in [5, 5.41) is 14.3. The van der Waals surface area contributed by atoms with E-state index in [4.69, 9.17) is 0 Å². The molecule has 4 nitrogen and oxygen atoms in total.